The van der Waals surface area contributed by atoms with Crippen molar-refractivity contribution >= 4 is 11.6 Å². The number of benzene rings is 2. The number of rotatable bonds is 3. The van der Waals surface area contributed by atoms with Crippen LogP contribution in [-0.4, -0.2) is 27.9 Å². The highest BCUT2D eigenvalue weighted by atomic mass is 19.4. The fraction of sp³-hybridized carbons (Fsp3) is 0.167. The maximum absolute atomic E-state index is 13.5. The van der Waals surface area contributed by atoms with E-state index in [1.54, 1.807) is 30.3 Å². The number of hydrogen-bond acceptors (Lipinski definition) is 3. The van der Waals surface area contributed by atoms with Gasteiger partial charge in [-0.1, -0.05) is 30.3 Å². The van der Waals surface area contributed by atoms with E-state index in [2.05, 4.69) is 5.43 Å². The van der Waals surface area contributed by atoms with Gasteiger partial charge in [0.1, 0.15) is 5.82 Å². The summed E-state index contributed by atoms with van der Waals surface area (Å²) in [4.78, 5) is 12.4. The lowest BCUT2D eigenvalue weighted by atomic mass is 10.1. The van der Waals surface area contributed by atoms with Crippen molar-refractivity contribution in [2.45, 2.75) is 18.3 Å². The van der Waals surface area contributed by atoms with Crippen molar-refractivity contribution in [2.24, 2.45) is 0 Å². The van der Waals surface area contributed by atoms with E-state index < -0.39 is 23.6 Å². The van der Waals surface area contributed by atoms with E-state index in [1.807, 2.05) is 0 Å². The van der Waals surface area contributed by atoms with Gasteiger partial charge in [-0.15, -0.1) is 0 Å². The van der Waals surface area contributed by atoms with Crippen molar-refractivity contribution in [1.29, 1.82) is 0 Å². The molecule has 0 radical (unpaired) electrons. The molecule has 0 unspecified atom stereocenters. The van der Waals surface area contributed by atoms with Crippen molar-refractivity contribution in [3.8, 4) is 0 Å². The Morgan fingerprint density at radius 3 is 2.27 bits per heavy atom. The molecular formula is C18H14F4N2O2. The minimum absolute atomic E-state index is 0.147. The van der Waals surface area contributed by atoms with Crippen molar-refractivity contribution in [1.82, 2.24) is 10.4 Å². The molecule has 0 bridgehead atoms. The zero-order chi connectivity index (χ0) is 18.9. The standard InChI is InChI=1S/C18H14F4N2O2/c19-14-8-6-13(7-9-14)15-11-17(26,18(20,21)22)24(23-15)16(25)10-12-4-2-1-3-5-12/h1-9,11,23,26H,10H2/t17-/m0/s1. The molecular weight excluding hydrogens is 352 g/mol. The zero-order valence-corrected chi connectivity index (χ0v) is 13.3. The number of carbonyl (C=O) groups is 1. The number of halogens is 4. The van der Waals surface area contributed by atoms with Gasteiger partial charge >= 0.3 is 6.18 Å². The van der Waals surface area contributed by atoms with Crippen LogP contribution in [-0.2, 0) is 11.2 Å². The molecule has 0 aromatic heterocycles. The van der Waals surface area contributed by atoms with Crippen molar-refractivity contribution in [2.75, 3.05) is 0 Å². The molecule has 0 aliphatic carbocycles. The Morgan fingerprint density at radius 2 is 1.69 bits per heavy atom. The first-order valence-corrected chi connectivity index (χ1v) is 7.62. The summed E-state index contributed by atoms with van der Waals surface area (Å²) >= 11 is 0. The van der Waals surface area contributed by atoms with Crippen molar-refractivity contribution < 1.29 is 27.5 Å². The highest BCUT2D eigenvalue weighted by Crippen LogP contribution is 2.40. The van der Waals surface area contributed by atoms with E-state index in [1.165, 1.54) is 12.1 Å². The van der Waals surface area contributed by atoms with E-state index in [9.17, 15) is 27.5 Å². The topological polar surface area (TPSA) is 52.6 Å². The van der Waals surface area contributed by atoms with Gasteiger partial charge in [-0.25, -0.2) is 9.40 Å². The molecule has 8 heteroatoms. The molecule has 0 spiro atoms. The molecule has 2 aromatic carbocycles. The third-order valence-electron chi connectivity index (χ3n) is 3.94. The fourth-order valence-corrected chi connectivity index (χ4v) is 2.59. The molecule has 3 rings (SSSR count). The summed E-state index contributed by atoms with van der Waals surface area (Å²) in [5.41, 5.74) is -0.665. The average Bonchev–Trinajstić information content (AvgIpc) is 2.95. The smallest absolute Gasteiger partial charge is 0.359 e. The molecule has 136 valence electrons. The van der Waals surface area contributed by atoms with Crippen LogP contribution in [0.15, 0.2) is 60.7 Å². The Kier molecular flexibility index (Phi) is 4.45. The predicted octanol–water partition coefficient (Wildman–Crippen LogP) is 3.01. The second-order valence-corrected chi connectivity index (χ2v) is 5.79. The summed E-state index contributed by atoms with van der Waals surface area (Å²) in [7, 11) is 0. The van der Waals surface area contributed by atoms with Gasteiger partial charge < -0.3 is 5.11 Å². The molecule has 4 nitrogen and oxygen atoms in total. The monoisotopic (exact) mass is 366 g/mol. The normalized spacial score (nSPS) is 19.9. The third-order valence-corrected chi connectivity index (χ3v) is 3.94. The second kappa shape index (κ2) is 6.45. The van der Waals surface area contributed by atoms with Gasteiger partial charge in [0.15, 0.2) is 0 Å². The van der Waals surface area contributed by atoms with E-state index >= 15 is 0 Å². The van der Waals surface area contributed by atoms with Crippen LogP contribution < -0.4 is 5.43 Å². The van der Waals surface area contributed by atoms with Gasteiger partial charge in [-0.3, -0.25) is 10.2 Å². The number of carbonyl (C=O) groups excluding carboxylic acids is 1. The van der Waals surface area contributed by atoms with Crippen molar-refractivity contribution in [3.63, 3.8) is 0 Å². The molecule has 0 saturated carbocycles. The third kappa shape index (κ3) is 3.28. The largest absolute Gasteiger partial charge is 0.442 e. The summed E-state index contributed by atoms with van der Waals surface area (Å²) in [5.74, 6) is -1.53. The van der Waals surface area contributed by atoms with E-state index in [0.717, 1.165) is 12.1 Å². The van der Waals surface area contributed by atoms with Crippen LogP contribution in [0.2, 0.25) is 0 Å². The molecule has 2 aromatic rings. The SMILES string of the molecule is O=C(Cc1ccccc1)N1NC(c2ccc(F)cc2)=C[C@]1(O)C(F)(F)F. The highest BCUT2D eigenvalue weighted by molar-refractivity contribution is 5.83. The maximum Gasteiger partial charge on any atom is 0.442 e. The summed E-state index contributed by atoms with van der Waals surface area (Å²) < 4.78 is 53.4. The number of nitrogens with one attached hydrogen (secondary N) is 1. The number of alkyl halides is 3. The highest BCUT2D eigenvalue weighted by Gasteiger charge is 2.61. The first-order chi connectivity index (χ1) is 12.2. The van der Waals surface area contributed by atoms with Gasteiger partial charge in [0.05, 0.1) is 12.1 Å². The number of nitrogens with zero attached hydrogens (tertiary/aromatic N) is 1. The molecule has 2 N–H and O–H groups in total. The molecule has 1 heterocycles. The number of amides is 1. The van der Waals surface area contributed by atoms with Crippen molar-refractivity contribution in [3.05, 3.63) is 77.6 Å². The van der Waals surface area contributed by atoms with Gasteiger partial charge in [0.25, 0.3) is 5.72 Å². The lowest BCUT2D eigenvalue weighted by Crippen LogP contribution is -2.60. The Bertz CT molecular complexity index is 835. The molecule has 1 aliphatic heterocycles. The summed E-state index contributed by atoms with van der Waals surface area (Å²) in [5, 5.41) is 10.3. The minimum atomic E-state index is -5.13. The summed E-state index contributed by atoms with van der Waals surface area (Å²) in [6.07, 6.45) is -4.96. The molecule has 1 amide bonds. The van der Waals surface area contributed by atoms with Crippen LogP contribution in [0.25, 0.3) is 5.70 Å². The van der Waals surface area contributed by atoms with Crippen LogP contribution in [0.5, 0.6) is 0 Å². The van der Waals surface area contributed by atoms with Crippen LogP contribution >= 0.6 is 0 Å². The van der Waals surface area contributed by atoms with Gasteiger partial charge in [-0.05, 0) is 35.4 Å². The van der Waals surface area contributed by atoms with Crippen LogP contribution in [0, 0.1) is 5.82 Å². The minimum Gasteiger partial charge on any atom is -0.359 e. The summed E-state index contributed by atoms with van der Waals surface area (Å²) in [6.45, 7) is 0. The molecule has 1 aliphatic rings. The zero-order valence-electron chi connectivity index (χ0n) is 13.3. The number of aliphatic hydroxyl groups is 1. The van der Waals surface area contributed by atoms with Gasteiger partial charge in [-0.2, -0.15) is 13.2 Å². The Labute approximate surface area is 146 Å². The first kappa shape index (κ1) is 17.9. The Morgan fingerprint density at radius 1 is 1.08 bits per heavy atom. The quantitative estimate of drug-likeness (QED) is 0.822. The Hall–Kier alpha value is -2.87. The maximum atomic E-state index is 13.5. The first-order valence-electron chi connectivity index (χ1n) is 7.62. The molecule has 26 heavy (non-hydrogen) atoms. The second-order valence-electron chi connectivity index (χ2n) is 5.79. The molecule has 1 atom stereocenters. The van der Waals surface area contributed by atoms with E-state index in [-0.39, 0.29) is 22.7 Å². The lowest BCUT2D eigenvalue weighted by molar-refractivity contribution is -0.288. The summed E-state index contributed by atoms with van der Waals surface area (Å²) in [6, 6.07) is 12.8. The van der Waals surface area contributed by atoms with Crippen LogP contribution in [0.3, 0.4) is 0 Å². The van der Waals surface area contributed by atoms with E-state index in [0.29, 0.717) is 11.6 Å². The number of hydrazine groups is 1. The van der Waals surface area contributed by atoms with Crippen LogP contribution in [0.4, 0.5) is 17.6 Å². The van der Waals surface area contributed by atoms with E-state index in [4.69, 9.17) is 0 Å². The fourth-order valence-electron chi connectivity index (χ4n) is 2.59. The molecule has 0 saturated heterocycles. The van der Waals surface area contributed by atoms with Gasteiger partial charge in [0.2, 0.25) is 5.91 Å². The molecule has 0 fully saturated rings. The number of hydrogen-bond donors (Lipinski definition) is 2. The van der Waals surface area contributed by atoms with Gasteiger partial charge in [0, 0.05) is 6.08 Å². The van der Waals surface area contributed by atoms with Crippen LogP contribution in [0.1, 0.15) is 11.1 Å². The average molecular weight is 366 g/mol. The Balaban J connectivity index is 1.92. The lowest BCUT2D eigenvalue weighted by Gasteiger charge is -2.33. The predicted molar refractivity (Wildman–Crippen MR) is 85.5 cm³/mol.